The molecular weight excluding hydrogens is 166 g/mol. The maximum atomic E-state index is 5.39. The molecule has 2 rings (SSSR count). The zero-order chi connectivity index (χ0) is 9.10. The molecule has 0 saturated heterocycles. The van der Waals surface area contributed by atoms with Gasteiger partial charge in [0.05, 0.1) is 6.54 Å². The van der Waals surface area contributed by atoms with Crippen molar-refractivity contribution in [2.24, 2.45) is 0 Å². The average Bonchev–Trinajstić information content (AvgIpc) is 2.71. The summed E-state index contributed by atoms with van der Waals surface area (Å²) < 4.78 is 1.77. The Bertz CT molecular complexity index is 295. The first-order valence-electron chi connectivity index (χ1n) is 4.37. The summed E-state index contributed by atoms with van der Waals surface area (Å²) in [6.45, 7) is 3.94. The summed E-state index contributed by atoms with van der Waals surface area (Å²) in [4.78, 5) is 6.19. The van der Waals surface area contributed by atoms with Gasteiger partial charge in [-0.3, -0.25) is 4.90 Å². The van der Waals surface area contributed by atoms with Crippen molar-refractivity contribution in [1.29, 1.82) is 0 Å². The highest BCUT2D eigenvalue weighted by Crippen LogP contribution is 1.99. The summed E-state index contributed by atoms with van der Waals surface area (Å²) in [6.07, 6.45) is 6.02. The summed E-state index contributed by atoms with van der Waals surface area (Å²) in [7, 11) is 0. The molecule has 0 fully saturated rings. The van der Waals surface area contributed by atoms with Gasteiger partial charge in [0.15, 0.2) is 0 Å². The number of hydrogen-bond acceptors (Lipinski definition) is 4. The number of rotatable bonds is 3. The maximum Gasteiger partial charge on any atom is 0.239 e. The van der Waals surface area contributed by atoms with E-state index in [1.165, 1.54) is 0 Å². The molecule has 0 atom stereocenters. The molecule has 1 aliphatic heterocycles. The van der Waals surface area contributed by atoms with Crippen molar-refractivity contribution >= 4 is 5.95 Å². The zero-order valence-corrected chi connectivity index (χ0v) is 7.43. The Hall–Kier alpha value is -1.36. The molecule has 0 radical (unpaired) electrons. The normalized spacial score (nSPS) is 16.9. The largest absolute Gasteiger partial charge is 0.367 e. The molecule has 1 aromatic heterocycles. The van der Waals surface area contributed by atoms with Gasteiger partial charge < -0.3 is 5.73 Å². The second-order valence-electron chi connectivity index (χ2n) is 3.10. The number of nitrogen functional groups attached to an aromatic ring is 1. The van der Waals surface area contributed by atoms with Gasteiger partial charge in [-0.1, -0.05) is 12.2 Å². The van der Waals surface area contributed by atoms with Crippen LogP contribution in [0.1, 0.15) is 0 Å². The van der Waals surface area contributed by atoms with E-state index in [4.69, 9.17) is 5.73 Å². The first-order chi connectivity index (χ1) is 6.34. The van der Waals surface area contributed by atoms with Crippen LogP contribution in [0.4, 0.5) is 5.95 Å². The minimum Gasteiger partial charge on any atom is -0.367 e. The molecule has 70 valence electrons. The molecule has 0 aliphatic carbocycles. The summed E-state index contributed by atoms with van der Waals surface area (Å²) >= 11 is 0. The molecule has 2 N–H and O–H groups in total. The molecule has 0 unspecified atom stereocenters. The van der Waals surface area contributed by atoms with Crippen molar-refractivity contribution in [3.63, 3.8) is 0 Å². The molecule has 0 spiro atoms. The number of anilines is 1. The Balaban J connectivity index is 1.79. The molecule has 1 aliphatic rings. The Morgan fingerprint density at radius 2 is 2.08 bits per heavy atom. The first-order valence-corrected chi connectivity index (χ1v) is 4.37. The monoisotopic (exact) mass is 179 g/mol. The van der Waals surface area contributed by atoms with E-state index in [1.807, 2.05) is 0 Å². The summed E-state index contributed by atoms with van der Waals surface area (Å²) in [5.74, 6) is 0.347. The number of aromatic nitrogens is 3. The Morgan fingerprint density at radius 1 is 1.31 bits per heavy atom. The van der Waals surface area contributed by atoms with Gasteiger partial charge in [-0.05, 0) is 0 Å². The standard InChI is InChI=1S/C8H13N5/c9-8-10-7-13(11-8)6-5-12-3-1-2-4-12/h1-2,7H,3-6H2,(H2,9,11). The van der Waals surface area contributed by atoms with Gasteiger partial charge in [-0.2, -0.15) is 0 Å². The molecule has 0 amide bonds. The summed E-state index contributed by atoms with van der Waals surface area (Å²) in [6, 6.07) is 0. The van der Waals surface area contributed by atoms with E-state index in [0.29, 0.717) is 5.95 Å². The maximum absolute atomic E-state index is 5.39. The molecule has 1 aromatic rings. The number of nitrogens with zero attached hydrogens (tertiary/aromatic N) is 4. The molecule has 5 heteroatoms. The van der Waals surface area contributed by atoms with Gasteiger partial charge >= 0.3 is 0 Å². The predicted octanol–water partition coefficient (Wildman–Crippen LogP) is -0.268. The molecule has 2 heterocycles. The van der Waals surface area contributed by atoms with Gasteiger partial charge in [0.1, 0.15) is 6.33 Å². The lowest BCUT2D eigenvalue weighted by Crippen LogP contribution is -2.24. The fourth-order valence-electron chi connectivity index (χ4n) is 1.36. The van der Waals surface area contributed by atoms with Crippen molar-refractivity contribution in [3.05, 3.63) is 18.5 Å². The molecule has 0 aromatic carbocycles. The van der Waals surface area contributed by atoms with Crippen LogP contribution in [0.2, 0.25) is 0 Å². The topological polar surface area (TPSA) is 60.0 Å². The third kappa shape index (κ3) is 2.06. The van der Waals surface area contributed by atoms with Crippen molar-refractivity contribution < 1.29 is 0 Å². The van der Waals surface area contributed by atoms with Crippen molar-refractivity contribution in [3.8, 4) is 0 Å². The molecule has 0 saturated carbocycles. The summed E-state index contributed by atoms with van der Waals surface area (Å²) in [5.41, 5.74) is 5.39. The average molecular weight is 179 g/mol. The van der Waals surface area contributed by atoms with Crippen molar-refractivity contribution in [2.75, 3.05) is 25.4 Å². The Kier molecular flexibility index (Phi) is 2.27. The van der Waals surface area contributed by atoms with E-state index in [1.54, 1.807) is 11.0 Å². The van der Waals surface area contributed by atoms with Gasteiger partial charge in [-0.25, -0.2) is 9.67 Å². The highest BCUT2D eigenvalue weighted by Gasteiger charge is 2.05. The van der Waals surface area contributed by atoms with Crippen LogP contribution < -0.4 is 5.73 Å². The van der Waals surface area contributed by atoms with Crippen molar-refractivity contribution in [1.82, 2.24) is 19.7 Å². The fraction of sp³-hybridized carbons (Fsp3) is 0.500. The van der Waals surface area contributed by atoms with E-state index in [2.05, 4.69) is 27.1 Å². The Morgan fingerprint density at radius 3 is 2.69 bits per heavy atom. The number of nitrogens with two attached hydrogens (primary N) is 1. The van der Waals surface area contributed by atoms with E-state index in [9.17, 15) is 0 Å². The fourth-order valence-corrected chi connectivity index (χ4v) is 1.36. The quantitative estimate of drug-likeness (QED) is 0.649. The van der Waals surface area contributed by atoms with Crippen LogP contribution in [0.5, 0.6) is 0 Å². The van der Waals surface area contributed by atoms with Crippen molar-refractivity contribution in [2.45, 2.75) is 6.54 Å². The molecular formula is C8H13N5. The van der Waals surface area contributed by atoms with E-state index >= 15 is 0 Å². The van der Waals surface area contributed by atoms with Gasteiger partial charge in [0.25, 0.3) is 0 Å². The second kappa shape index (κ2) is 3.57. The third-order valence-corrected chi connectivity index (χ3v) is 2.09. The minimum absolute atomic E-state index is 0.347. The van der Waals surface area contributed by atoms with Gasteiger partial charge in [0, 0.05) is 19.6 Å². The highest BCUT2D eigenvalue weighted by molar-refractivity contribution is 5.09. The smallest absolute Gasteiger partial charge is 0.239 e. The first kappa shape index (κ1) is 8.25. The third-order valence-electron chi connectivity index (χ3n) is 2.09. The lowest BCUT2D eigenvalue weighted by Gasteiger charge is -2.13. The lowest BCUT2D eigenvalue weighted by atomic mass is 10.5. The minimum atomic E-state index is 0.347. The zero-order valence-electron chi connectivity index (χ0n) is 7.43. The molecule has 13 heavy (non-hydrogen) atoms. The van der Waals surface area contributed by atoms with Crippen LogP contribution in [0.3, 0.4) is 0 Å². The van der Waals surface area contributed by atoms with Crippen LogP contribution in [0.25, 0.3) is 0 Å². The van der Waals surface area contributed by atoms with E-state index in [0.717, 1.165) is 26.2 Å². The van der Waals surface area contributed by atoms with E-state index < -0.39 is 0 Å². The summed E-state index contributed by atoms with van der Waals surface area (Å²) in [5, 5.41) is 4.01. The SMILES string of the molecule is Nc1ncn(CCN2CC=CC2)n1. The van der Waals surface area contributed by atoms with Crippen LogP contribution in [0.15, 0.2) is 18.5 Å². The number of hydrogen-bond donors (Lipinski definition) is 1. The molecule has 5 nitrogen and oxygen atoms in total. The van der Waals surface area contributed by atoms with Crippen LogP contribution in [0, 0.1) is 0 Å². The Labute approximate surface area is 76.9 Å². The lowest BCUT2D eigenvalue weighted by molar-refractivity contribution is 0.327. The predicted molar refractivity (Wildman–Crippen MR) is 50.0 cm³/mol. The van der Waals surface area contributed by atoms with Gasteiger partial charge in [0.2, 0.25) is 5.95 Å². The van der Waals surface area contributed by atoms with Crippen LogP contribution in [-0.4, -0.2) is 39.3 Å². The second-order valence-corrected chi connectivity index (χ2v) is 3.10. The van der Waals surface area contributed by atoms with Gasteiger partial charge in [-0.15, -0.1) is 5.10 Å². The van der Waals surface area contributed by atoms with Crippen LogP contribution >= 0.6 is 0 Å². The van der Waals surface area contributed by atoms with Crippen LogP contribution in [-0.2, 0) is 6.54 Å². The molecule has 0 bridgehead atoms. The van der Waals surface area contributed by atoms with E-state index in [-0.39, 0.29) is 0 Å². The highest BCUT2D eigenvalue weighted by atomic mass is 15.4.